The molecule has 4 nitrogen and oxygen atoms in total. The third-order valence-corrected chi connectivity index (χ3v) is 0.745. The summed E-state index contributed by atoms with van der Waals surface area (Å²) < 4.78 is 0. The number of aliphatic hydroxyl groups excluding tert-OH is 1. The van der Waals surface area contributed by atoms with Crippen molar-refractivity contribution in [1.82, 2.24) is 0 Å². The summed E-state index contributed by atoms with van der Waals surface area (Å²) >= 11 is 5.13. The molecule has 0 aliphatic carbocycles. The van der Waals surface area contributed by atoms with E-state index in [1.54, 1.807) is 0 Å². The Bertz CT molecular complexity index is 58.5. The molecule has 4 N–H and O–H groups in total. The highest BCUT2D eigenvalue weighted by atomic mass is 35.5. The molecule has 0 amide bonds. The third kappa shape index (κ3) is 41.6. The Morgan fingerprint density at radius 2 is 1.70 bits per heavy atom. The van der Waals surface area contributed by atoms with Crippen molar-refractivity contribution in [3.8, 4) is 0 Å². The van der Waals surface area contributed by atoms with Gasteiger partial charge in [-0.1, -0.05) is 24.9 Å². The van der Waals surface area contributed by atoms with E-state index in [4.69, 9.17) is 31.8 Å². The molecule has 0 aliphatic rings. The topological polar surface area (TPSA) is 80.9 Å². The zero-order valence-corrected chi connectivity index (χ0v) is 6.49. The SMILES string of the molecule is CCCC(O)Cl.OB(O)O. The zero-order chi connectivity index (χ0) is 8.57. The standard InChI is InChI=1S/C4H9ClO.BH3O3/c1-2-3-4(5)6;2-1(3)4/h4,6H,2-3H2,1H3;2-4H. The van der Waals surface area contributed by atoms with Gasteiger partial charge in [0.1, 0.15) is 5.56 Å². The van der Waals surface area contributed by atoms with Crippen LogP contribution in [0.4, 0.5) is 0 Å². The number of halogens is 1. The lowest BCUT2D eigenvalue weighted by molar-refractivity contribution is 0.244. The van der Waals surface area contributed by atoms with Gasteiger partial charge in [-0.15, -0.1) is 0 Å². The molecular weight excluding hydrogens is 158 g/mol. The smallest absolute Gasteiger partial charge is 0.402 e. The van der Waals surface area contributed by atoms with E-state index in [0.717, 1.165) is 6.42 Å². The molecule has 0 saturated carbocycles. The first kappa shape index (κ1) is 12.8. The number of hydrogen-bond donors (Lipinski definition) is 4. The highest BCUT2D eigenvalue weighted by Gasteiger charge is 1.92. The fourth-order valence-electron chi connectivity index (χ4n) is 0.238. The first-order chi connectivity index (χ1) is 4.50. The van der Waals surface area contributed by atoms with E-state index in [2.05, 4.69) is 0 Å². The first-order valence-electron chi connectivity index (χ1n) is 2.87. The van der Waals surface area contributed by atoms with Gasteiger partial charge in [0.2, 0.25) is 0 Å². The van der Waals surface area contributed by atoms with Crippen molar-refractivity contribution in [3.05, 3.63) is 0 Å². The fourth-order valence-corrected chi connectivity index (χ4v) is 0.456. The Kier molecular flexibility index (Phi) is 11.8. The summed E-state index contributed by atoms with van der Waals surface area (Å²) in [6, 6.07) is 0. The molecule has 62 valence electrons. The lowest BCUT2D eigenvalue weighted by Crippen LogP contribution is -2.07. The van der Waals surface area contributed by atoms with Crippen LogP contribution in [-0.2, 0) is 0 Å². The number of rotatable bonds is 2. The lowest BCUT2D eigenvalue weighted by Gasteiger charge is -1.92. The molecule has 0 rings (SSSR count). The van der Waals surface area contributed by atoms with Gasteiger partial charge in [0.25, 0.3) is 0 Å². The predicted octanol–water partition coefficient (Wildman–Crippen LogP) is -0.708. The van der Waals surface area contributed by atoms with Crippen LogP contribution in [0.1, 0.15) is 19.8 Å². The van der Waals surface area contributed by atoms with Crippen molar-refractivity contribution in [2.75, 3.05) is 0 Å². The van der Waals surface area contributed by atoms with Gasteiger partial charge in [-0.05, 0) is 6.42 Å². The van der Waals surface area contributed by atoms with Gasteiger partial charge in [0.15, 0.2) is 0 Å². The van der Waals surface area contributed by atoms with Gasteiger partial charge in [0.05, 0.1) is 0 Å². The van der Waals surface area contributed by atoms with Gasteiger partial charge in [-0.2, -0.15) is 0 Å². The van der Waals surface area contributed by atoms with Gasteiger partial charge in [0, 0.05) is 0 Å². The van der Waals surface area contributed by atoms with Crippen LogP contribution in [0.25, 0.3) is 0 Å². The summed E-state index contributed by atoms with van der Waals surface area (Å²) in [6.07, 6.45) is 1.65. The van der Waals surface area contributed by atoms with E-state index < -0.39 is 12.9 Å². The molecule has 1 unspecified atom stereocenters. The molecule has 0 aromatic carbocycles. The Hall–Kier alpha value is 0.195. The molecule has 0 radical (unpaired) electrons. The normalized spacial score (nSPS) is 11.4. The molecule has 0 spiro atoms. The number of alkyl halides is 1. The summed E-state index contributed by atoms with van der Waals surface area (Å²) in [5, 5.41) is 29.8. The van der Waals surface area contributed by atoms with Crippen LogP contribution in [0.3, 0.4) is 0 Å². The van der Waals surface area contributed by atoms with Crippen molar-refractivity contribution in [1.29, 1.82) is 0 Å². The van der Waals surface area contributed by atoms with E-state index in [9.17, 15) is 0 Å². The van der Waals surface area contributed by atoms with E-state index >= 15 is 0 Å². The molecule has 0 heterocycles. The third-order valence-electron chi connectivity index (χ3n) is 0.527. The maximum Gasteiger partial charge on any atom is 0.631 e. The van der Waals surface area contributed by atoms with Crippen LogP contribution in [-0.4, -0.2) is 33.1 Å². The fraction of sp³-hybridized carbons (Fsp3) is 1.00. The zero-order valence-electron chi connectivity index (χ0n) is 5.74. The largest absolute Gasteiger partial charge is 0.631 e. The average Bonchev–Trinajstić information content (AvgIpc) is 1.62. The molecule has 6 heteroatoms. The van der Waals surface area contributed by atoms with Gasteiger partial charge in [-0.25, -0.2) is 0 Å². The monoisotopic (exact) mass is 170 g/mol. The summed E-state index contributed by atoms with van der Waals surface area (Å²) in [4.78, 5) is 0. The minimum atomic E-state index is -2.17. The van der Waals surface area contributed by atoms with E-state index in [1.807, 2.05) is 6.92 Å². The molecule has 0 bridgehead atoms. The van der Waals surface area contributed by atoms with Crippen molar-refractivity contribution in [2.24, 2.45) is 0 Å². The molecule has 10 heavy (non-hydrogen) atoms. The van der Waals surface area contributed by atoms with Crippen LogP contribution < -0.4 is 0 Å². The van der Waals surface area contributed by atoms with Crippen molar-refractivity contribution >= 4 is 18.9 Å². The van der Waals surface area contributed by atoms with Gasteiger partial charge >= 0.3 is 7.32 Å². The van der Waals surface area contributed by atoms with Gasteiger partial charge < -0.3 is 20.2 Å². The van der Waals surface area contributed by atoms with Crippen LogP contribution in [0.15, 0.2) is 0 Å². The first-order valence-corrected chi connectivity index (χ1v) is 3.30. The van der Waals surface area contributed by atoms with E-state index in [1.165, 1.54) is 0 Å². The average molecular weight is 170 g/mol. The molecule has 0 aliphatic heterocycles. The Morgan fingerprint density at radius 3 is 1.70 bits per heavy atom. The Labute approximate surface area is 65.2 Å². The summed E-state index contributed by atoms with van der Waals surface area (Å²) in [5.41, 5.74) is -0.630. The Balaban J connectivity index is 0. The van der Waals surface area contributed by atoms with Crippen molar-refractivity contribution in [3.63, 3.8) is 0 Å². The second-order valence-corrected chi connectivity index (χ2v) is 2.07. The summed E-state index contributed by atoms with van der Waals surface area (Å²) in [5.74, 6) is 0. The molecule has 0 aromatic rings. The maximum absolute atomic E-state index is 8.32. The summed E-state index contributed by atoms with van der Waals surface area (Å²) in [6.45, 7) is 1.98. The van der Waals surface area contributed by atoms with E-state index in [0.29, 0.717) is 6.42 Å². The second-order valence-electron chi connectivity index (χ2n) is 1.57. The maximum atomic E-state index is 8.32. The number of hydrogen-bond acceptors (Lipinski definition) is 4. The van der Waals surface area contributed by atoms with Crippen LogP contribution in [0.2, 0.25) is 0 Å². The van der Waals surface area contributed by atoms with Crippen molar-refractivity contribution in [2.45, 2.75) is 25.3 Å². The van der Waals surface area contributed by atoms with E-state index in [-0.39, 0.29) is 0 Å². The van der Waals surface area contributed by atoms with Crippen LogP contribution in [0, 0.1) is 0 Å². The molecule has 0 fully saturated rings. The van der Waals surface area contributed by atoms with Crippen LogP contribution >= 0.6 is 11.6 Å². The highest BCUT2D eigenvalue weighted by Crippen LogP contribution is 1.97. The highest BCUT2D eigenvalue weighted by molar-refractivity contribution is 6.30. The molecular formula is C4H12BClO4. The number of aliphatic hydroxyl groups is 1. The molecule has 0 saturated heterocycles. The lowest BCUT2D eigenvalue weighted by atomic mass is 10.3. The summed E-state index contributed by atoms with van der Waals surface area (Å²) in [7, 11) is -2.17. The van der Waals surface area contributed by atoms with Crippen LogP contribution in [0.5, 0.6) is 0 Å². The van der Waals surface area contributed by atoms with Crippen molar-refractivity contribution < 1.29 is 20.2 Å². The minimum Gasteiger partial charge on any atom is -0.402 e. The molecule has 1 atom stereocenters. The molecule has 0 aromatic heterocycles. The minimum absolute atomic E-state index is 0.630. The quantitative estimate of drug-likeness (QED) is 0.326. The van der Waals surface area contributed by atoms with Gasteiger partial charge in [-0.3, -0.25) is 0 Å². The second kappa shape index (κ2) is 9.19. The predicted molar refractivity (Wildman–Crippen MR) is 39.2 cm³/mol. The Morgan fingerprint density at radius 1 is 1.40 bits per heavy atom.